The van der Waals surface area contributed by atoms with E-state index in [1.165, 1.54) is 122 Å². The van der Waals surface area contributed by atoms with Gasteiger partial charge in [0.25, 0.3) is 0 Å². The van der Waals surface area contributed by atoms with Gasteiger partial charge in [-0.1, -0.05) is 234 Å². The van der Waals surface area contributed by atoms with Crippen LogP contribution in [-0.4, -0.2) is 51.8 Å². The van der Waals surface area contributed by atoms with Crippen LogP contribution in [0.15, 0.2) is 125 Å². The van der Waals surface area contributed by atoms with Crippen LogP contribution in [0.3, 0.4) is 0 Å². The summed E-state index contributed by atoms with van der Waals surface area (Å²) in [5.74, 6) is -0.192. The molecule has 7 nitrogen and oxygen atoms in total. The van der Waals surface area contributed by atoms with E-state index in [9.17, 15) is 19.5 Å². The molecule has 5 atom stereocenters. The summed E-state index contributed by atoms with van der Waals surface area (Å²) >= 11 is 0. The van der Waals surface area contributed by atoms with Crippen molar-refractivity contribution in [2.24, 2.45) is 10.8 Å². The number of hydrogen-bond donors (Lipinski definition) is 1. The van der Waals surface area contributed by atoms with E-state index in [-0.39, 0.29) is 40.8 Å². The number of epoxide rings is 1. The summed E-state index contributed by atoms with van der Waals surface area (Å²) in [5, 5.41) is 11.6. The first-order valence-corrected chi connectivity index (χ1v) is 32.9. The first kappa shape index (κ1) is 72.0. The van der Waals surface area contributed by atoms with Crippen molar-refractivity contribution in [2.45, 2.75) is 318 Å². The Kier molecular flexibility index (Phi) is 33.9. The predicted molar refractivity (Wildman–Crippen MR) is 347 cm³/mol. The van der Waals surface area contributed by atoms with E-state index in [0.717, 1.165) is 60.8 Å². The molecule has 0 aromatic heterocycles. The molecule has 3 rings (SSSR count). The minimum absolute atomic E-state index is 0.0784. The summed E-state index contributed by atoms with van der Waals surface area (Å²) in [4.78, 5) is 39.4. The number of ketones is 1. The lowest BCUT2D eigenvalue weighted by Crippen LogP contribution is -2.49. The molecule has 0 radical (unpaired) electrons. The number of aliphatic hydroxyl groups is 1. The van der Waals surface area contributed by atoms with Gasteiger partial charge >= 0.3 is 11.9 Å². The average Bonchev–Trinajstić information content (AvgIpc) is 1.77. The zero-order valence-electron chi connectivity index (χ0n) is 54.3. The minimum Gasteiger partial charge on any atom is -0.462 e. The second-order valence-corrected chi connectivity index (χ2v) is 26.5. The molecule has 3 fully saturated rings. The molecule has 2 aliphatic carbocycles. The van der Waals surface area contributed by atoms with Crippen molar-refractivity contribution in [1.29, 1.82) is 0 Å². The number of Topliss-reactive ketones (excluding diaryl/α,β-unsaturated/α-hetero) is 1. The third kappa shape index (κ3) is 27.6. The van der Waals surface area contributed by atoms with Gasteiger partial charge in [-0.05, 0) is 141 Å². The van der Waals surface area contributed by atoms with Crippen molar-refractivity contribution in [3.8, 4) is 0 Å². The Morgan fingerprint density at radius 3 is 1.40 bits per heavy atom. The predicted octanol–water partition coefficient (Wildman–Crippen LogP) is 20.9. The first-order chi connectivity index (χ1) is 39.1. The fourth-order valence-corrected chi connectivity index (χ4v) is 12.6. The quantitative estimate of drug-likeness (QED) is 0.0124. The van der Waals surface area contributed by atoms with Crippen molar-refractivity contribution < 1.29 is 33.7 Å². The Bertz CT molecular complexity index is 2260. The molecule has 0 aromatic carbocycles. The Morgan fingerprint density at radius 2 is 0.939 bits per heavy atom. The standard InChI is InChI=1S/C75H118O7/c1-13-15-17-19-21-23-25-27-28-29-31-33-35-37-39-41-53-70(78)81-66-57-72(9,10)75(74(12,59-66)82-75)60-67(76)64(6)51-45-50-62(4)47-43-42-46-61(3)48-44-49-63(5)54-55-68-71(7,8)56-65(58-73(68,11)79)80-69(77)52-40-38-36-34-32-30-26-24-22-20-18-16-14-2/h24-27,42-51,54,65-66,79H,13-23,28-41,52-53,56-60H2,1-12H3/b26-24-,27-25-,43-42+,48-44+,50-45+,61-46+,62-47+,63-49+,64-51+/t55?,65-,66-,73+,74+,75-/m0/s1. The van der Waals surface area contributed by atoms with E-state index in [4.69, 9.17) is 14.2 Å². The molecule has 460 valence electrons. The Balaban J connectivity index is 1.36. The lowest BCUT2D eigenvalue weighted by atomic mass is 9.61. The van der Waals surface area contributed by atoms with E-state index >= 15 is 0 Å². The highest BCUT2D eigenvalue weighted by molar-refractivity contribution is 5.96. The van der Waals surface area contributed by atoms with Crippen LogP contribution in [0.2, 0.25) is 0 Å². The van der Waals surface area contributed by atoms with Crippen LogP contribution < -0.4 is 0 Å². The van der Waals surface area contributed by atoms with Gasteiger partial charge in [0, 0.05) is 43.1 Å². The Morgan fingerprint density at radius 1 is 0.524 bits per heavy atom. The molecule has 82 heavy (non-hydrogen) atoms. The van der Waals surface area contributed by atoms with Gasteiger partial charge in [0.05, 0.1) is 11.2 Å². The fourth-order valence-electron chi connectivity index (χ4n) is 12.6. The van der Waals surface area contributed by atoms with E-state index in [0.29, 0.717) is 50.5 Å². The fraction of sp³-hybridized carbons (Fsp3) is 0.680. The second-order valence-electron chi connectivity index (χ2n) is 26.5. The van der Waals surface area contributed by atoms with Gasteiger partial charge in [0.2, 0.25) is 0 Å². The summed E-state index contributed by atoms with van der Waals surface area (Å²) in [6.45, 7) is 24.9. The molecule has 2 saturated carbocycles. The number of carbonyl (C=O) groups excluding carboxylic acids is 3. The molecule has 0 unspecified atom stereocenters. The van der Waals surface area contributed by atoms with Crippen molar-refractivity contribution in [1.82, 2.24) is 0 Å². The number of unbranched alkanes of at least 4 members (excludes halogenated alkanes) is 21. The van der Waals surface area contributed by atoms with Crippen LogP contribution in [0, 0.1) is 10.8 Å². The second kappa shape index (κ2) is 38.6. The first-order valence-electron chi connectivity index (χ1n) is 32.9. The molecule has 1 aliphatic heterocycles. The van der Waals surface area contributed by atoms with Crippen LogP contribution in [0.25, 0.3) is 0 Å². The van der Waals surface area contributed by atoms with Crippen molar-refractivity contribution in [3.05, 3.63) is 125 Å². The van der Waals surface area contributed by atoms with Gasteiger partial charge in [-0.3, -0.25) is 14.4 Å². The number of fused-ring (bicyclic) bond motifs is 1. The third-order valence-electron chi connectivity index (χ3n) is 17.4. The number of rotatable bonds is 41. The lowest BCUT2D eigenvalue weighted by Gasteiger charge is -2.44. The Labute approximate surface area is 502 Å². The highest BCUT2D eigenvalue weighted by Gasteiger charge is 2.76. The summed E-state index contributed by atoms with van der Waals surface area (Å²) in [5.41, 5.74) is 5.21. The number of allylic oxidation sites excluding steroid dienone is 18. The smallest absolute Gasteiger partial charge is 0.306 e. The molecule has 3 aliphatic rings. The molecule has 1 saturated heterocycles. The van der Waals surface area contributed by atoms with Gasteiger partial charge in [-0.25, -0.2) is 0 Å². The molecular weight excluding hydrogens is 1010 g/mol. The monoisotopic (exact) mass is 1130 g/mol. The zero-order valence-corrected chi connectivity index (χ0v) is 54.3. The lowest BCUT2D eigenvalue weighted by molar-refractivity contribution is -0.156. The summed E-state index contributed by atoms with van der Waals surface area (Å²) in [7, 11) is 0. The molecular formula is C75H118O7. The molecule has 1 heterocycles. The number of carbonyl (C=O) groups is 3. The maximum atomic E-state index is 13.6. The number of ether oxygens (including phenoxy) is 3. The van der Waals surface area contributed by atoms with E-state index in [1.54, 1.807) is 0 Å². The van der Waals surface area contributed by atoms with Gasteiger partial charge in [-0.15, -0.1) is 5.73 Å². The molecule has 0 spiro atoms. The highest BCUT2D eigenvalue weighted by Crippen LogP contribution is 2.67. The minimum atomic E-state index is -1.14. The third-order valence-corrected chi connectivity index (χ3v) is 17.4. The maximum absolute atomic E-state index is 13.6. The number of hydrogen-bond acceptors (Lipinski definition) is 7. The topological polar surface area (TPSA) is 102 Å². The number of esters is 2. The molecule has 1 N–H and O–H groups in total. The van der Waals surface area contributed by atoms with Crippen LogP contribution in [0.1, 0.15) is 289 Å². The van der Waals surface area contributed by atoms with E-state index < -0.39 is 16.8 Å². The van der Waals surface area contributed by atoms with Gasteiger partial charge in [0.1, 0.15) is 17.8 Å². The maximum Gasteiger partial charge on any atom is 0.306 e. The zero-order chi connectivity index (χ0) is 60.3. The van der Waals surface area contributed by atoms with E-state index in [2.05, 4.69) is 97.6 Å². The van der Waals surface area contributed by atoms with Crippen molar-refractivity contribution >= 4 is 17.7 Å². The Hall–Kier alpha value is -4.29. The molecule has 0 bridgehead atoms. The van der Waals surface area contributed by atoms with Gasteiger partial charge in [-0.2, -0.15) is 0 Å². The van der Waals surface area contributed by atoms with Crippen LogP contribution in [0.5, 0.6) is 0 Å². The molecule has 7 heteroatoms. The normalized spacial score (nSPS) is 24.0. The van der Waals surface area contributed by atoms with Crippen molar-refractivity contribution in [2.75, 3.05) is 0 Å². The van der Waals surface area contributed by atoms with Gasteiger partial charge < -0.3 is 19.3 Å². The SMILES string of the molecule is CCCCCC/C=C\CCCCCCCC(=O)O[C@H]1CC(C)(C)C(=C=C/C(C)=C/C=C/C(C)=C/C=C/C=C(C)/C=C/C=C(\C)C(=O)C[C@@]23O[C@]2(C)C[C@@H](OC(=O)CCCCCCCCC/C=C\CCCCCCC)CC3(C)C)[C@](C)(O)C1. The van der Waals surface area contributed by atoms with Crippen LogP contribution in [-0.2, 0) is 28.6 Å². The summed E-state index contributed by atoms with van der Waals surface area (Å²) in [6.07, 6.45) is 64.8. The van der Waals surface area contributed by atoms with Gasteiger partial charge in [0.15, 0.2) is 5.78 Å². The molecule has 0 amide bonds. The molecule has 0 aromatic rings. The summed E-state index contributed by atoms with van der Waals surface area (Å²) in [6, 6.07) is 0. The average molecular weight is 1130 g/mol. The van der Waals surface area contributed by atoms with E-state index in [1.807, 2.05) is 82.4 Å². The van der Waals surface area contributed by atoms with Crippen molar-refractivity contribution in [3.63, 3.8) is 0 Å². The largest absolute Gasteiger partial charge is 0.462 e. The van der Waals surface area contributed by atoms with Crippen LogP contribution >= 0.6 is 0 Å². The summed E-state index contributed by atoms with van der Waals surface area (Å²) < 4.78 is 18.5. The van der Waals surface area contributed by atoms with Crippen LogP contribution in [0.4, 0.5) is 0 Å². The highest BCUT2D eigenvalue weighted by atomic mass is 16.6.